The molecule has 0 amide bonds. The Kier molecular flexibility index (Phi) is 5.55. The Balaban J connectivity index is 1.50. The fourth-order valence-electron chi connectivity index (χ4n) is 4.54. The number of hydrogen-bond acceptors (Lipinski definition) is 7. The van der Waals surface area contributed by atoms with Gasteiger partial charge in [0.1, 0.15) is 16.7 Å². The molecule has 1 atom stereocenters. The third kappa shape index (κ3) is 3.96. The number of rotatable bonds is 5. The number of hydrogen-bond donors (Lipinski definition) is 2. The van der Waals surface area contributed by atoms with Gasteiger partial charge >= 0.3 is 5.97 Å². The van der Waals surface area contributed by atoms with E-state index < -0.39 is 11.9 Å². The van der Waals surface area contributed by atoms with Gasteiger partial charge in [0.15, 0.2) is 5.82 Å². The van der Waals surface area contributed by atoms with Gasteiger partial charge in [0, 0.05) is 25.3 Å². The minimum atomic E-state index is -0.878. The van der Waals surface area contributed by atoms with Crippen LogP contribution < -0.4 is 15.0 Å². The Morgan fingerprint density at radius 1 is 1.27 bits per heavy atom. The van der Waals surface area contributed by atoms with Gasteiger partial charge in [-0.2, -0.15) is 4.98 Å². The van der Waals surface area contributed by atoms with Crippen molar-refractivity contribution in [1.82, 2.24) is 14.9 Å². The molecule has 2 N–H and O–H groups in total. The normalized spacial score (nSPS) is 17.4. The van der Waals surface area contributed by atoms with Gasteiger partial charge in [-0.1, -0.05) is 29.8 Å². The van der Waals surface area contributed by atoms with E-state index in [1.807, 2.05) is 29.2 Å². The molecule has 0 spiro atoms. The van der Waals surface area contributed by atoms with Crippen LogP contribution in [0, 0.1) is 0 Å². The Morgan fingerprint density at radius 2 is 2.09 bits per heavy atom. The Morgan fingerprint density at radius 3 is 2.88 bits per heavy atom. The first-order valence-corrected chi connectivity index (χ1v) is 11.1. The SMILES string of the molecule is COc1cc2c(cc1Nc1ncc(Cl)c(N3CC(C(=O)O)c4ccccc43)n1)CN(C)CC2. The lowest BCUT2D eigenvalue weighted by Gasteiger charge is -2.26. The van der Waals surface area contributed by atoms with Gasteiger partial charge in [0.25, 0.3) is 0 Å². The molecule has 0 saturated carbocycles. The van der Waals surface area contributed by atoms with Crippen LogP contribution in [-0.2, 0) is 17.8 Å². The van der Waals surface area contributed by atoms with Gasteiger partial charge in [0.2, 0.25) is 5.95 Å². The molecule has 1 aromatic heterocycles. The second-order valence-corrected chi connectivity index (χ2v) is 8.77. The molecule has 5 rings (SSSR count). The fourth-order valence-corrected chi connectivity index (χ4v) is 4.73. The van der Waals surface area contributed by atoms with Crippen molar-refractivity contribution in [3.63, 3.8) is 0 Å². The number of anilines is 4. The third-order valence-electron chi connectivity index (χ3n) is 6.22. The predicted octanol–water partition coefficient (Wildman–Crippen LogP) is 4.19. The first kappa shape index (κ1) is 21.5. The van der Waals surface area contributed by atoms with Crippen molar-refractivity contribution < 1.29 is 14.6 Å². The van der Waals surface area contributed by atoms with E-state index in [4.69, 9.17) is 16.3 Å². The van der Waals surface area contributed by atoms with Crippen LogP contribution in [0.4, 0.5) is 23.1 Å². The van der Waals surface area contributed by atoms with Gasteiger partial charge in [-0.25, -0.2) is 4.98 Å². The number of carboxylic acid groups (broad SMARTS) is 1. The van der Waals surface area contributed by atoms with Crippen LogP contribution in [0.15, 0.2) is 42.6 Å². The van der Waals surface area contributed by atoms with E-state index in [9.17, 15) is 9.90 Å². The summed E-state index contributed by atoms with van der Waals surface area (Å²) in [7, 11) is 3.75. The number of carbonyl (C=O) groups is 1. The number of aromatic nitrogens is 2. The summed E-state index contributed by atoms with van der Waals surface area (Å²) < 4.78 is 5.62. The van der Waals surface area contributed by atoms with Crippen LogP contribution in [0.1, 0.15) is 22.6 Å². The molecule has 0 fully saturated rings. The van der Waals surface area contributed by atoms with E-state index in [2.05, 4.69) is 39.4 Å². The molecule has 0 saturated heterocycles. The van der Waals surface area contributed by atoms with E-state index in [1.165, 1.54) is 17.3 Å². The zero-order valence-electron chi connectivity index (χ0n) is 18.4. The molecule has 1 unspecified atom stereocenters. The maximum Gasteiger partial charge on any atom is 0.312 e. The van der Waals surface area contributed by atoms with Crippen molar-refractivity contribution in [2.24, 2.45) is 0 Å². The Hall–Kier alpha value is -3.36. The highest BCUT2D eigenvalue weighted by molar-refractivity contribution is 6.33. The number of fused-ring (bicyclic) bond motifs is 2. The van der Waals surface area contributed by atoms with Gasteiger partial charge < -0.3 is 25.0 Å². The number of methoxy groups -OCH3 is 1. The molecule has 0 bridgehead atoms. The van der Waals surface area contributed by atoms with E-state index in [0.717, 1.165) is 42.2 Å². The zero-order valence-corrected chi connectivity index (χ0v) is 19.1. The number of para-hydroxylation sites is 1. The van der Waals surface area contributed by atoms with E-state index in [-0.39, 0.29) is 6.54 Å². The van der Waals surface area contributed by atoms with Crippen LogP contribution in [0.3, 0.4) is 0 Å². The molecule has 8 nitrogen and oxygen atoms in total. The summed E-state index contributed by atoms with van der Waals surface area (Å²) in [6.45, 7) is 2.13. The lowest BCUT2D eigenvalue weighted by Crippen LogP contribution is -2.26. The largest absolute Gasteiger partial charge is 0.495 e. The van der Waals surface area contributed by atoms with Gasteiger partial charge in [-0.15, -0.1) is 0 Å². The summed E-state index contributed by atoms with van der Waals surface area (Å²) in [5.74, 6) is 0.00423. The average Bonchev–Trinajstić information content (AvgIpc) is 3.20. The number of ether oxygens (including phenoxy) is 1. The number of likely N-dealkylation sites (N-methyl/N-ethyl adjacent to an activating group) is 1. The topological polar surface area (TPSA) is 90.8 Å². The molecular formula is C24H24ClN5O3. The number of halogens is 1. The predicted molar refractivity (Wildman–Crippen MR) is 127 cm³/mol. The summed E-state index contributed by atoms with van der Waals surface area (Å²) in [6, 6.07) is 11.6. The van der Waals surface area contributed by atoms with E-state index in [1.54, 1.807) is 7.11 Å². The number of carboxylic acids is 1. The first-order chi connectivity index (χ1) is 15.9. The Bertz CT molecular complexity index is 1230. The number of aliphatic carboxylic acids is 1. The maximum atomic E-state index is 11.8. The lowest BCUT2D eigenvalue weighted by atomic mass is 9.99. The fraction of sp³-hybridized carbons (Fsp3) is 0.292. The van der Waals surface area contributed by atoms with Crippen LogP contribution in [0.2, 0.25) is 5.02 Å². The smallest absolute Gasteiger partial charge is 0.312 e. The van der Waals surface area contributed by atoms with Crippen molar-refractivity contribution >= 4 is 40.7 Å². The van der Waals surface area contributed by atoms with Crippen LogP contribution in [-0.4, -0.2) is 53.2 Å². The van der Waals surface area contributed by atoms with Crippen LogP contribution in [0.5, 0.6) is 5.75 Å². The molecule has 0 radical (unpaired) electrons. The molecule has 2 aliphatic heterocycles. The third-order valence-corrected chi connectivity index (χ3v) is 6.49. The lowest BCUT2D eigenvalue weighted by molar-refractivity contribution is -0.138. The van der Waals surface area contributed by atoms with Crippen molar-refractivity contribution in [2.45, 2.75) is 18.9 Å². The van der Waals surface area contributed by atoms with Crippen molar-refractivity contribution in [1.29, 1.82) is 0 Å². The van der Waals surface area contributed by atoms with Gasteiger partial charge in [-0.05, 0) is 48.4 Å². The van der Waals surface area contributed by atoms with E-state index >= 15 is 0 Å². The molecule has 3 aromatic rings. The first-order valence-electron chi connectivity index (χ1n) is 10.7. The summed E-state index contributed by atoms with van der Waals surface area (Å²) >= 11 is 6.47. The highest BCUT2D eigenvalue weighted by Crippen LogP contribution is 2.42. The van der Waals surface area contributed by atoms with Gasteiger partial charge in [0.05, 0.1) is 19.0 Å². The maximum absolute atomic E-state index is 11.8. The minimum absolute atomic E-state index is 0.249. The zero-order chi connectivity index (χ0) is 23.1. The Labute approximate surface area is 196 Å². The molecule has 2 aromatic carbocycles. The minimum Gasteiger partial charge on any atom is -0.495 e. The summed E-state index contributed by atoms with van der Waals surface area (Å²) in [5, 5.41) is 13.3. The molecule has 2 aliphatic rings. The molecular weight excluding hydrogens is 442 g/mol. The van der Waals surface area contributed by atoms with Crippen LogP contribution >= 0.6 is 11.6 Å². The van der Waals surface area contributed by atoms with Crippen molar-refractivity contribution in [3.8, 4) is 5.75 Å². The van der Waals surface area contributed by atoms with E-state index in [0.29, 0.717) is 16.8 Å². The number of nitrogens with zero attached hydrogens (tertiary/aromatic N) is 4. The summed E-state index contributed by atoms with van der Waals surface area (Å²) in [4.78, 5) is 24.9. The monoisotopic (exact) mass is 465 g/mol. The molecule has 0 aliphatic carbocycles. The second kappa shape index (κ2) is 8.53. The molecule has 3 heterocycles. The number of benzene rings is 2. The van der Waals surface area contributed by atoms with Crippen molar-refractivity contribution in [2.75, 3.05) is 37.5 Å². The van der Waals surface area contributed by atoms with Crippen molar-refractivity contribution in [3.05, 3.63) is 64.3 Å². The highest BCUT2D eigenvalue weighted by atomic mass is 35.5. The molecule has 9 heteroatoms. The van der Waals surface area contributed by atoms with Gasteiger partial charge in [-0.3, -0.25) is 4.79 Å². The average molecular weight is 466 g/mol. The standard InChI is InChI=1S/C24H24ClN5O3/c1-29-8-7-14-10-21(33-2)19(9-15(14)12-29)27-24-26-11-18(25)22(28-24)30-13-17(23(31)32)16-5-3-4-6-20(16)30/h3-6,9-11,17H,7-8,12-13H2,1-2H3,(H,31,32)(H,26,27,28). The summed E-state index contributed by atoms with van der Waals surface area (Å²) in [6.07, 6.45) is 2.50. The quantitative estimate of drug-likeness (QED) is 0.579. The number of nitrogens with one attached hydrogen (secondary N) is 1. The molecule has 33 heavy (non-hydrogen) atoms. The highest BCUT2D eigenvalue weighted by Gasteiger charge is 2.35. The molecule has 170 valence electrons. The summed E-state index contributed by atoms with van der Waals surface area (Å²) in [5.41, 5.74) is 4.81. The second-order valence-electron chi connectivity index (χ2n) is 8.36. The van der Waals surface area contributed by atoms with Crippen LogP contribution in [0.25, 0.3) is 0 Å².